The lowest BCUT2D eigenvalue weighted by Crippen LogP contribution is -2.20. The van der Waals surface area contributed by atoms with Crippen molar-refractivity contribution in [2.24, 2.45) is 5.10 Å². The standard InChI is InChI=1S/C24H18BrClFN5OS/c1-15-2-4-16(5-3-15)23-30-31-24(32(23)20-9-7-19(26)8-10-20)34-14-22(33)29-28-13-17-12-18(25)6-11-21(17)27/h2-13H,14H2,1H3,(H,29,33). The molecule has 1 amide bonds. The largest absolute Gasteiger partial charge is 0.272 e. The van der Waals surface area contributed by atoms with Crippen LogP contribution in [0.25, 0.3) is 17.1 Å². The average molecular weight is 559 g/mol. The highest BCUT2D eigenvalue weighted by Crippen LogP contribution is 2.28. The van der Waals surface area contributed by atoms with Crippen LogP contribution >= 0.6 is 39.3 Å². The van der Waals surface area contributed by atoms with Crippen molar-refractivity contribution in [1.29, 1.82) is 0 Å². The topological polar surface area (TPSA) is 72.2 Å². The maximum atomic E-state index is 13.8. The minimum absolute atomic E-state index is 0.0396. The lowest BCUT2D eigenvalue weighted by Gasteiger charge is -2.10. The SMILES string of the molecule is Cc1ccc(-c2nnc(SCC(=O)NN=Cc3cc(Br)ccc3F)n2-c2ccc(Cl)cc2)cc1. The van der Waals surface area contributed by atoms with E-state index in [4.69, 9.17) is 11.6 Å². The number of halogens is 3. The first-order valence-corrected chi connectivity index (χ1v) is 12.2. The molecule has 172 valence electrons. The third-order valence-corrected chi connectivity index (χ3v) is 6.39. The van der Waals surface area contributed by atoms with Crippen LogP contribution in [-0.4, -0.2) is 32.6 Å². The van der Waals surface area contributed by atoms with Crippen LogP contribution in [0.15, 0.2) is 81.5 Å². The van der Waals surface area contributed by atoms with Gasteiger partial charge in [-0.25, -0.2) is 9.82 Å². The zero-order valence-corrected chi connectivity index (χ0v) is 21.0. The number of amides is 1. The number of aromatic nitrogens is 3. The molecule has 0 saturated carbocycles. The third-order valence-electron chi connectivity index (χ3n) is 4.71. The number of hydrazone groups is 1. The molecule has 10 heteroatoms. The second kappa shape index (κ2) is 10.9. The number of aryl methyl sites for hydroxylation is 1. The number of carbonyl (C=O) groups is 1. The molecular formula is C24H18BrClFN5OS. The van der Waals surface area contributed by atoms with Crippen LogP contribution in [0.2, 0.25) is 5.02 Å². The number of thioether (sulfide) groups is 1. The van der Waals surface area contributed by atoms with Gasteiger partial charge in [-0.05, 0) is 49.4 Å². The zero-order valence-electron chi connectivity index (χ0n) is 17.9. The first-order valence-electron chi connectivity index (χ1n) is 10.1. The van der Waals surface area contributed by atoms with Crippen LogP contribution in [0.1, 0.15) is 11.1 Å². The van der Waals surface area contributed by atoms with Crippen LogP contribution < -0.4 is 5.43 Å². The van der Waals surface area contributed by atoms with Crippen molar-refractivity contribution in [2.75, 3.05) is 5.75 Å². The summed E-state index contributed by atoms with van der Waals surface area (Å²) in [6.45, 7) is 2.01. The Balaban J connectivity index is 1.51. The molecule has 0 atom stereocenters. The molecule has 1 aromatic heterocycles. The molecule has 6 nitrogen and oxygen atoms in total. The van der Waals surface area contributed by atoms with E-state index >= 15 is 0 Å². The van der Waals surface area contributed by atoms with E-state index < -0.39 is 5.82 Å². The van der Waals surface area contributed by atoms with Crippen LogP contribution in [0, 0.1) is 12.7 Å². The summed E-state index contributed by atoms with van der Waals surface area (Å²) >= 11 is 10.6. The molecule has 0 bridgehead atoms. The maximum Gasteiger partial charge on any atom is 0.250 e. The summed E-state index contributed by atoms with van der Waals surface area (Å²) in [6, 6.07) is 19.7. The first kappa shape index (κ1) is 24.1. The van der Waals surface area contributed by atoms with Gasteiger partial charge in [-0.2, -0.15) is 5.10 Å². The Morgan fingerprint density at radius 2 is 1.88 bits per heavy atom. The van der Waals surface area contributed by atoms with Crippen LogP contribution in [0.3, 0.4) is 0 Å². The van der Waals surface area contributed by atoms with Crippen molar-refractivity contribution < 1.29 is 9.18 Å². The average Bonchev–Trinajstić information content (AvgIpc) is 3.25. The van der Waals surface area contributed by atoms with E-state index in [0.29, 0.717) is 20.5 Å². The Morgan fingerprint density at radius 1 is 1.15 bits per heavy atom. The van der Waals surface area contributed by atoms with E-state index in [1.54, 1.807) is 24.3 Å². The van der Waals surface area contributed by atoms with Crippen molar-refractivity contribution >= 4 is 51.4 Å². The summed E-state index contributed by atoms with van der Waals surface area (Å²) in [7, 11) is 0. The minimum atomic E-state index is -0.435. The summed E-state index contributed by atoms with van der Waals surface area (Å²) in [5, 5.41) is 13.7. The summed E-state index contributed by atoms with van der Waals surface area (Å²) in [5.74, 6) is -0.111. The Morgan fingerprint density at radius 3 is 2.62 bits per heavy atom. The highest BCUT2D eigenvalue weighted by molar-refractivity contribution is 9.10. The van der Waals surface area contributed by atoms with Gasteiger partial charge in [0.05, 0.1) is 12.0 Å². The fourth-order valence-electron chi connectivity index (χ4n) is 3.03. The van der Waals surface area contributed by atoms with Crippen molar-refractivity contribution in [3.63, 3.8) is 0 Å². The number of nitrogens with one attached hydrogen (secondary N) is 1. The van der Waals surface area contributed by atoms with E-state index in [1.807, 2.05) is 47.9 Å². The molecular weight excluding hydrogens is 541 g/mol. The monoisotopic (exact) mass is 557 g/mol. The fourth-order valence-corrected chi connectivity index (χ4v) is 4.27. The second-order valence-corrected chi connectivity index (χ2v) is 9.53. The highest BCUT2D eigenvalue weighted by Gasteiger charge is 2.17. The molecule has 0 saturated heterocycles. The number of benzene rings is 3. The van der Waals surface area contributed by atoms with E-state index in [9.17, 15) is 9.18 Å². The molecule has 0 unspecified atom stereocenters. The zero-order chi connectivity index (χ0) is 24.1. The molecule has 0 radical (unpaired) electrons. The van der Waals surface area contributed by atoms with E-state index in [1.165, 1.54) is 24.0 Å². The molecule has 34 heavy (non-hydrogen) atoms. The quantitative estimate of drug-likeness (QED) is 0.171. The molecule has 0 aliphatic heterocycles. The molecule has 1 N–H and O–H groups in total. The van der Waals surface area contributed by atoms with E-state index in [2.05, 4.69) is 36.7 Å². The lowest BCUT2D eigenvalue weighted by molar-refractivity contribution is -0.118. The normalized spacial score (nSPS) is 11.2. The number of hydrogen-bond acceptors (Lipinski definition) is 5. The second-order valence-electron chi connectivity index (χ2n) is 7.23. The summed E-state index contributed by atoms with van der Waals surface area (Å²) in [5.41, 5.74) is 5.51. The smallest absolute Gasteiger partial charge is 0.250 e. The summed E-state index contributed by atoms with van der Waals surface area (Å²) in [4.78, 5) is 12.3. The predicted molar refractivity (Wildman–Crippen MR) is 137 cm³/mol. The lowest BCUT2D eigenvalue weighted by atomic mass is 10.1. The van der Waals surface area contributed by atoms with Gasteiger partial charge in [0.1, 0.15) is 5.82 Å². The van der Waals surface area contributed by atoms with Gasteiger partial charge in [0.15, 0.2) is 11.0 Å². The Kier molecular flexibility index (Phi) is 7.77. The van der Waals surface area contributed by atoms with Gasteiger partial charge in [-0.3, -0.25) is 9.36 Å². The van der Waals surface area contributed by atoms with E-state index in [-0.39, 0.29) is 17.2 Å². The molecule has 1 heterocycles. The first-order chi connectivity index (χ1) is 16.4. The maximum absolute atomic E-state index is 13.8. The summed E-state index contributed by atoms with van der Waals surface area (Å²) in [6.07, 6.45) is 1.26. The predicted octanol–water partition coefficient (Wildman–Crippen LogP) is 6.04. The van der Waals surface area contributed by atoms with Crippen LogP contribution in [0.5, 0.6) is 0 Å². The fraction of sp³-hybridized carbons (Fsp3) is 0.0833. The van der Waals surface area contributed by atoms with Gasteiger partial charge < -0.3 is 0 Å². The van der Waals surface area contributed by atoms with Crippen LogP contribution in [-0.2, 0) is 4.79 Å². The summed E-state index contributed by atoms with van der Waals surface area (Å²) < 4.78 is 16.4. The van der Waals surface area contributed by atoms with E-state index in [0.717, 1.165) is 16.8 Å². The van der Waals surface area contributed by atoms with Crippen molar-refractivity contribution in [1.82, 2.24) is 20.2 Å². The number of carbonyl (C=O) groups excluding carboxylic acids is 1. The minimum Gasteiger partial charge on any atom is -0.272 e. The molecule has 3 aromatic carbocycles. The molecule has 0 fully saturated rings. The third kappa shape index (κ3) is 5.91. The van der Waals surface area contributed by atoms with Gasteiger partial charge in [-0.15, -0.1) is 10.2 Å². The Bertz CT molecular complexity index is 1340. The van der Waals surface area contributed by atoms with Crippen LogP contribution in [0.4, 0.5) is 4.39 Å². The highest BCUT2D eigenvalue weighted by atomic mass is 79.9. The van der Waals surface area contributed by atoms with Crippen molar-refractivity contribution in [3.05, 3.63) is 93.2 Å². The molecule has 4 rings (SSSR count). The number of nitrogens with zero attached hydrogens (tertiary/aromatic N) is 4. The number of rotatable bonds is 7. The van der Waals surface area contributed by atoms with Gasteiger partial charge >= 0.3 is 0 Å². The van der Waals surface area contributed by atoms with Crippen molar-refractivity contribution in [2.45, 2.75) is 12.1 Å². The van der Waals surface area contributed by atoms with Gasteiger partial charge in [-0.1, -0.05) is 69.1 Å². The Hall–Kier alpha value is -3.01. The van der Waals surface area contributed by atoms with Gasteiger partial charge in [0, 0.05) is 26.3 Å². The van der Waals surface area contributed by atoms with Gasteiger partial charge in [0.2, 0.25) is 0 Å². The molecule has 0 aliphatic carbocycles. The van der Waals surface area contributed by atoms with Gasteiger partial charge in [0.25, 0.3) is 5.91 Å². The molecule has 4 aromatic rings. The molecule has 0 aliphatic rings. The molecule has 0 spiro atoms. The Labute approximate surface area is 213 Å². The number of hydrogen-bond donors (Lipinski definition) is 1. The van der Waals surface area contributed by atoms with Crippen molar-refractivity contribution in [3.8, 4) is 17.1 Å².